The standard InChI is InChI=1S/C28H28ClN3/c1-28(2)15-18-32(19-16-28)17-3-4-26-12-5-22(20-30-26)6-13-27-14-9-24(21-31-27)23-7-10-25(29)11-8-23/h3-5,7-12,14,20-21H,15-19H2,1-2H3/b4-3+. The third-order valence-electron chi connectivity index (χ3n) is 5.92. The van der Waals surface area contributed by atoms with Crippen LogP contribution in [0, 0.1) is 17.3 Å². The van der Waals surface area contributed by atoms with Crippen LogP contribution in [0.3, 0.4) is 0 Å². The first kappa shape index (κ1) is 22.3. The fourth-order valence-electron chi connectivity index (χ4n) is 3.66. The molecule has 3 aromatic rings. The summed E-state index contributed by atoms with van der Waals surface area (Å²) in [5.74, 6) is 6.26. The Hall–Kier alpha value is -2.93. The van der Waals surface area contributed by atoms with Gasteiger partial charge >= 0.3 is 0 Å². The molecule has 0 bridgehead atoms. The van der Waals surface area contributed by atoms with E-state index in [9.17, 15) is 0 Å². The lowest BCUT2D eigenvalue weighted by Crippen LogP contribution is -2.37. The number of hydrogen-bond acceptors (Lipinski definition) is 3. The minimum atomic E-state index is 0.493. The second-order valence-corrected chi connectivity index (χ2v) is 9.46. The number of rotatable bonds is 4. The Balaban J connectivity index is 1.32. The average molecular weight is 442 g/mol. The maximum atomic E-state index is 5.95. The number of nitrogens with zero attached hydrogens (tertiary/aromatic N) is 3. The molecule has 1 saturated heterocycles. The topological polar surface area (TPSA) is 29.0 Å². The molecular formula is C28H28ClN3. The van der Waals surface area contributed by atoms with Gasteiger partial charge in [-0.2, -0.15) is 0 Å². The van der Waals surface area contributed by atoms with Crippen LogP contribution in [0.1, 0.15) is 43.6 Å². The minimum absolute atomic E-state index is 0.493. The molecule has 0 atom stereocenters. The summed E-state index contributed by atoms with van der Waals surface area (Å²) in [5.41, 5.74) is 5.18. The number of piperidine rings is 1. The van der Waals surface area contributed by atoms with Gasteiger partial charge in [0.2, 0.25) is 0 Å². The number of benzene rings is 1. The van der Waals surface area contributed by atoms with Crippen molar-refractivity contribution in [1.82, 2.24) is 14.9 Å². The molecule has 0 aliphatic carbocycles. The SMILES string of the molecule is CC1(C)CCN(C/C=C/c2ccc(C#Cc3ccc(-c4ccc(Cl)cc4)cn3)cn2)CC1. The Morgan fingerprint density at radius 2 is 1.66 bits per heavy atom. The van der Waals surface area contributed by atoms with Gasteiger partial charge in [-0.3, -0.25) is 9.88 Å². The van der Waals surface area contributed by atoms with E-state index in [-0.39, 0.29) is 0 Å². The van der Waals surface area contributed by atoms with Crippen molar-refractivity contribution in [3.63, 3.8) is 0 Å². The van der Waals surface area contributed by atoms with E-state index in [4.69, 9.17) is 11.6 Å². The van der Waals surface area contributed by atoms with Gasteiger partial charge in [0, 0.05) is 35.1 Å². The predicted octanol–water partition coefficient (Wildman–Crippen LogP) is 6.33. The van der Waals surface area contributed by atoms with Crippen molar-refractivity contribution < 1.29 is 0 Å². The minimum Gasteiger partial charge on any atom is -0.300 e. The van der Waals surface area contributed by atoms with E-state index in [1.165, 1.54) is 25.9 Å². The van der Waals surface area contributed by atoms with Gasteiger partial charge in [-0.1, -0.05) is 55.6 Å². The molecule has 0 unspecified atom stereocenters. The molecule has 0 saturated carbocycles. The monoisotopic (exact) mass is 441 g/mol. The van der Waals surface area contributed by atoms with Crippen molar-refractivity contribution in [3.8, 4) is 23.0 Å². The molecule has 2 aromatic heterocycles. The Morgan fingerprint density at radius 1 is 0.906 bits per heavy atom. The molecule has 0 N–H and O–H groups in total. The highest BCUT2D eigenvalue weighted by Crippen LogP contribution is 2.29. The van der Waals surface area contributed by atoms with Gasteiger partial charge in [-0.15, -0.1) is 0 Å². The van der Waals surface area contributed by atoms with Gasteiger partial charge in [-0.25, -0.2) is 4.98 Å². The molecule has 0 amide bonds. The zero-order valence-corrected chi connectivity index (χ0v) is 19.4. The molecule has 1 aliphatic heterocycles. The summed E-state index contributed by atoms with van der Waals surface area (Å²) in [7, 11) is 0. The number of likely N-dealkylation sites (tertiary alicyclic amines) is 1. The van der Waals surface area contributed by atoms with Gasteiger partial charge in [0.25, 0.3) is 0 Å². The quantitative estimate of drug-likeness (QED) is 0.443. The first-order chi connectivity index (χ1) is 15.5. The van der Waals surface area contributed by atoms with Crippen LogP contribution in [-0.2, 0) is 0 Å². The molecule has 4 rings (SSSR count). The molecule has 1 fully saturated rings. The smallest absolute Gasteiger partial charge is 0.113 e. The van der Waals surface area contributed by atoms with Crippen LogP contribution in [0.2, 0.25) is 5.02 Å². The van der Waals surface area contributed by atoms with Crippen molar-refractivity contribution >= 4 is 17.7 Å². The Labute approximate surface area is 196 Å². The predicted molar refractivity (Wildman–Crippen MR) is 133 cm³/mol. The summed E-state index contributed by atoms with van der Waals surface area (Å²) < 4.78 is 0. The van der Waals surface area contributed by atoms with Gasteiger partial charge < -0.3 is 0 Å². The van der Waals surface area contributed by atoms with E-state index in [0.717, 1.165) is 39.6 Å². The van der Waals surface area contributed by atoms with Crippen LogP contribution in [0.4, 0.5) is 0 Å². The lowest BCUT2D eigenvalue weighted by molar-refractivity contribution is 0.144. The molecule has 3 heterocycles. The van der Waals surface area contributed by atoms with Crippen LogP contribution >= 0.6 is 11.6 Å². The molecule has 32 heavy (non-hydrogen) atoms. The summed E-state index contributed by atoms with van der Waals surface area (Å²) in [5, 5.41) is 0.727. The van der Waals surface area contributed by atoms with Crippen LogP contribution in [-0.4, -0.2) is 34.5 Å². The number of aromatic nitrogens is 2. The van der Waals surface area contributed by atoms with Gasteiger partial charge in [0.15, 0.2) is 0 Å². The molecule has 0 radical (unpaired) electrons. The molecule has 3 nitrogen and oxygen atoms in total. The molecule has 1 aromatic carbocycles. The lowest BCUT2D eigenvalue weighted by Gasteiger charge is -2.36. The fourth-order valence-corrected chi connectivity index (χ4v) is 3.78. The molecular weight excluding hydrogens is 414 g/mol. The van der Waals surface area contributed by atoms with E-state index < -0.39 is 0 Å². The average Bonchev–Trinajstić information content (AvgIpc) is 2.81. The van der Waals surface area contributed by atoms with Crippen LogP contribution < -0.4 is 0 Å². The van der Waals surface area contributed by atoms with E-state index in [1.54, 1.807) is 0 Å². The van der Waals surface area contributed by atoms with Crippen LogP contribution in [0.25, 0.3) is 17.2 Å². The van der Waals surface area contributed by atoms with E-state index in [2.05, 4.69) is 52.7 Å². The normalized spacial score (nSPS) is 16.0. The Kier molecular flexibility index (Phi) is 7.05. The zero-order valence-electron chi connectivity index (χ0n) is 18.7. The first-order valence-corrected chi connectivity index (χ1v) is 11.4. The summed E-state index contributed by atoms with van der Waals surface area (Å²) in [4.78, 5) is 11.5. The maximum absolute atomic E-state index is 5.95. The highest BCUT2D eigenvalue weighted by Gasteiger charge is 2.24. The third kappa shape index (κ3) is 6.29. The van der Waals surface area contributed by atoms with Crippen LogP contribution in [0.15, 0.2) is 67.0 Å². The van der Waals surface area contributed by atoms with Crippen molar-refractivity contribution in [2.75, 3.05) is 19.6 Å². The fraction of sp³-hybridized carbons (Fsp3) is 0.286. The van der Waals surface area contributed by atoms with Crippen molar-refractivity contribution in [2.45, 2.75) is 26.7 Å². The number of hydrogen-bond donors (Lipinski definition) is 0. The molecule has 162 valence electrons. The summed E-state index contributed by atoms with van der Waals surface area (Å²) in [6.07, 6.45) is 10.5. The largest absolute Gasteiger partial charge is 0.300 e. The van der Waals surface area contributed by atoms with Gasteiger partial charge in [0.1, 0.15) is 5.69 Å². The Morgan fingerprint density at radius 3 is 2.31 bits per heavy atom. The molecule has 4 heteroatoms. The zero-order chi connectivity index (χ0) is 22.4. The van der Waals surface area contributed by atoms with Gasteiger partial charge in [0.05, 0.1) is 5.69 Å². The first-order valence-electron chi connectivity index (χ1n) is 11.1. The second-order valence-electron chi connectivity index (χ2n) is 9.03. The lowest BCUT2D eigenvalue weighted by atomic mass is 9.83. The van der Waals surface area contributed by atoms with E-state index in [1.807, 2.05) is 60.9 Å². The van der Waals surface area contributed by atoms with E-state index >= 15 is 0 Å². The van der Waals surface area contributed by atoms with E-state index in [0.29, 0.717) is 5.41 Å². The van der Waals surface area contributed by atoms with Crippen molar-refractivity contribution in [1.29, 1.82) is 0 Å². The van der Waals surface area contributed by atoms with Gasteiger partial charge in [-0.05, 0) is 79.2 Å². The molecule has 1 aliphatic rings. The van der Waals surface area contributed by atoms with Crippen molar-refractivity contribution in [2.24, 2.45) is 5.41 Å². The second kappa shape index (κ2) is 10.1. The number of pyridine rings is 2. The summed E-state index contributed by atoms with van der Waals surface area (Å²) >= 11 is 5.95. The summed E-state index contributed by atoms with van der Waals surface area (Å²) in [6.45, 7) is 8.06. The maximum Gasteiger partial charge on any atom is 0.113 e. The summed E-state index contributed by atoms with van der Waals surface area (Å²) in [6, 6.07) is 15.7. The number of halogens is 1. The highest BCUT2D eigenvalue weighted by molar-refractivity contribution is 6.30. The highest BCUT2D eigenvalue weighted by atomic mass is 35.5. The molecule has 0 spiro atoms. The van der Waals surface area contributed by atoms with Crippen LogP contribution in [0.5, 0.6) is 0 Å². The Bertz CT molecular complexity index is 1110. The van der Waals surface area contributed by atoms with Crippen molar-refractivity contribution in [3.05, 3.63) is 89.0 Å². The third-order valence-corrected chi connectivity index (χ3v) is 6.18.